The van der Waals surface area contributed by atoms with Gasteiger partial charge in [0.15, 0.2) is 0 Å². The lowest BCUT2D eigenvalue weighted by molar-refractivity contribution is 0.398. The molecule has 0 saturated heterocycles. The molecule has 1 aliphatic rings. The molecule has 0 unspecified atom stereocenters. The maximum Gasteiger partial charge on any atom is 0.211 e. The van der Waals surface area contributed by atoms with Crippen molar-refractivity contribution in [2.45, 2.75) is 58.0 Å². The highest BCUT2D eigenvalue weighted by atomic mass is 32.1. The Morgan fingerprint density at radius 2 is 1.95 bits per heavy atom. The lowest BCUT2D eigenvalue weighted by Crippen LogP contribution is -2.44. The molecule has 1 aromatic carbocycles. The summed E-state index contributed by atoms with van der Waals surface area (Å²) in [6.45, 7) is 4.27. The van der Waals surface area contributed by atoms with Crippen LogP contribution in [-0.2, 0) is 0 Å². The van der Waals surface area contributed by atoms with Gasteiger partial charge in [-0.05, 0) is 44.9 Å². The molecule has 0 amide bonds. The first-order valence-corrected chi connectivity index (χ1v) is 8.95. The molecule has 4 heteroatoms. The second-order valence-corrected chi connectivity index (χ2v) is 7.29. The van der Waals surface area contributed by atoms with Crippen molar-refractivity contribution < 1.29 is 4.39 Å². The molecule has 1 aromatic heterocycles. The Labute approximate surface area is 134 Å². The van der Waals surface area contributed by atoms with Gasteiger partial charge in [0.25, 0.3) is 0 Å². The molecule has 0 bridgehead atoms. The Bertz CT molecular complexity index is 719. The molecule has 3 rings (SSSR count). The molecule has 1 heterocycles. The lowest BCUT2D eigenvalue weighted by atomic mass is 9.93. The third-order valence-corrected chi connectivity index (χ3v) is 5.47. The number of nitrogens with zero attached hydrogens (tertiary/aromatic N) is 1. The topological polar surface area (TPSA) is 20.3 Å². The molecular formula is C18H22FNOS. The Kier molecular flexibility index (Phi) is 4.48. The van der Waals surface area contributed by atoms with Crippen LogP contribution in [0.3, 0.4) is 0 Å². The number of halogens is 1. The minimum atomic E-state index is -0.345. The van der Waals surface area contributed by atoms with E-state index >= 15 is 0 Å². The summed E-state index contributed by atoms with van der Waals surface area (Å²) in [6.07, 6.45) is 6.03. The zero-order valence-corrected chi connectivity index (χ0v) is 14.0. The molecule has 1 fully saturated rings. The van der Waals surface area contributed by atoms with Crippen molar-refractivity contribution in [3.63, 3.8) is 0 Å². The first kappa shape index (κ1) is 15.5. The molecular weight excluding hydrogens is 297 g/mol. The van der Waals surface area contributed by atoms with Crippen molar-refractivity contribution in [3.8, 4) is 0 Å². The maximum absolute atomic E-state index is 13.5. The number of hydrogen-bond donors (Lipinski definition) is 0. The number of hydrogen-bond acceptors (Lipinski definition) is 3. The molecule has 2 aromatic rings. The highest BCUT2D eigenvalue weighted by molar-refractivity contribution is 7.16. The summed E-state index contributed by atoms with van der Waals surface area (Å²) in [5.74, 6) is -0.345. The van der Waals surface area contributed by atoms with Gasteiger partial charge in [-0.15, -0.1) is 11.3 Å². The summed E-state index contributed by atoms with van der Waals surface area (Å²) >= 11 is 1.53. The summed E-state index contributed by atoms with van der Waals surface area (Å²) < 4.78 is 14.4. The normalized spacial score (nSPS) is 16.4. The van der Waals surface area contributed by atoms with Gasteiger partial charge in [0.2, 0.25) is 5.43 Å². The summed E-state index contributed by atoms with van der Waals surface area (Å²) in [6, 6.07) is 5.19. The van der Waals surface area contributed by atoms with Crippen LogP contribution < -0.4 is 10.3 Å². The molecule has 2 nitrogen and oxygen atoms in total. The van der Waals surface area contributed by atoms with E-state index in [9.17, 15) is 9.18 Å². The molecule has 0 radical (unpaired) electrons. The molecule has 118 valence electrons. The van der Waals surface area contributed by atoms with Crippen molar-refractivity contribution in [2.75, 3.05) is 4.90 Å². The predicted octanol–water partition coefficient (Wildman–Crippen LogP) is 4.95. The fourth-order valence-corrected chi connectivity index (χ4v) is 4.42. The summed E-state index contributed by atoms with van der Waals surface area (Å²) in [4.78, 5) is 15.1. The average molecular weight is 319 g/mol. The molecule has 0 atom stereocenters. The number of rotatable bonds is 3. The lowest BCUT2D eigenvalue weighted by Gasteiger charge is -2.38. The van der Waals surface area contributed by atoms with Crippen molar-refractivity contribution >= 4 is 27.1 Å². The second kappa shape index (κ2) is 6.37. The minimum Gasteiger partial charge on any atom is -0.362 e. The van der Waals surface area contributed by atoms with Gasteiger partial charge < -0.3 is 4.90 Å². The predicted molar refractivity (Wildman–Crippen MR) is 92.5 cm³/mol. The van der Waals surface area contributed by atoms with Gasteiger partial charge in [-0.1, -0.05) is 19.3 Å². The maximum atomic E-state index is 13.5. The molecule has 1 saturated carbocycles. The quantitative estimate of drug-likeness (QED) is 0.798. The van der Waals surface area contributed by atoms with Gasteiger partial charge >= 0.3 is 0 Å². The zero-order chi connectivity index (χ0) is 15.7. The average Bonchev–Trinajstić information content (AvgIpc) is 2.51. The second-order valence-electron chi connectivity index (χ2n) is 6.38. The van der Waals surface area contributed by atoms with E-state index in [1.165, 1.54) is 42.7 Å². The number of benzene rings is 1. The van der Waals surface area contributed by atoms with Crippen LogP contribution >= 0.6 is 11.3 Å². The van der Waals surface area contributed by atoms with Crippen molar-refractivity contribution in [2.24, 2.45) is 0 Å². The molecule has 0 aliphatic heterocycles. The number of fused-ring (bicyclic) bond motifs is 1. The van der Waals surface area contributed by atoms with E-state index < -0.39 is 0 Å². The number of anilines is 1. The van der Waals surface area contributed by atoms with Crippen LogP contribution in [0.25, 0.3) is 10.1 Å². The summed E-state index contributed by atoms with van der Waals surface area (Å²) in [5.41, 5.74) is 0.706. The van der Waals surface area contributed by atoms with Gasteiger partial charge in [-0.25, -0.2) is 4.39 Å². The molecule has 0 N–H and O–H groups in total. The molecule has 1 aliphatic carbocycles. The van der Waals surface area contributed by atoms with Crippen molar-refractivity contribution in [1.82, 2.24) is 0 Å². The van der Waals surface area contributed by atoms with E-state index in [0.29, 0.717) is 11.4 Å². The van der Waals surface area contributed by atoms with Gasteiger partial charge in [0.05, 0.1) is 5.69 Å². The van der Waals surface area contributed by atoms with E-state index in [1.54, 1.807) is 6.07 Å². The van der Waals surface area contributed by atoms with Crippen LogP contribution in [0.15, 0.2) is 28.4 Å². The highest BCUT2D eigenvalue weighted by Gasteiger charge is 2.26. The van der Waals surface area contributed by atoms with E-state index in [4.69, 9.17) is 0 Å². The molecule has 22 heavy (non-hydrogen) atoms. The van der Waals surface area contributed by atoms with Crippen LogP contribution in [0.4, 0.5) is 10.1 Å². The van der Waals surface area contributed by atoms with Gasteiger partial charge in [-0.2, -0.15) is 0 Å². The van der Waals surface area contributed by atoms with Crippen LogP contribution in [0.2, 0.25) is 0 Å². The summed E-state index contributed by atoms with van der Waals surface area (Å²) in [7, 11) is 0. The summed E-state index contributed by atoms with van der Waals surface area (Å²) in [5, 5.41) is 2.46. The van der Waals surface area contributed by atoms with Crippen LogP contribution in [0, 0.1) is 5.82 Å². The third-order valence-electron chi connectivity index (χ3n) is 4.52. The smallest absolute Gasteiger partial charge is 0.211 e. The van der Waals surface area contributed by atoms with Gasteiger partial charge in [0.1, 0.15) is 5.82 Å². The van der Waals surface area contributed by atoms with E-state index in [1.807, 2.05) is 5.38 Å². The van der Waals surface area contributed by atoms with Crippen LogP contribution in [0.5, 0.6) is 0 Å². The van der Waals surface area contributed by atoms with E-state index in [-0.39, 0.29) is 17.3 Å². The van der Waals surface area contributed by atoms with Crippen molar-refractivity contribution in [3.05, 3.63) is 39.6 Å². The first-order chi connectivity index (χ1) is 10.6. The SMILES string of the molecule is CC(C)N(c1csc2ccc(F)cc2c1=O)C1CCCCC1. The Morgan fingerprint density at radius 3 is 2.64 bits per heavy atom. The Morgan fingerprint density at radius 1 is 1.23 bits per heavy atom. The third kappa shape index (κ3) is 2.89. The van der Waals surface area contributed by atoms with E-state index in [0.717, 1.165) is 23.2 Å². The zero-order valence-electron chi connectivity index (χ0n) is 13.1. The largest absolute Gasteiger partial charge is 0.362 e. The van der Waals surface area contributed by atoms with Gasteiger partial charge in [0, 0.05) is 27.5 Å². The standard InChI is InChI=1S/C18H22FNOS/c1-12(2)20(14-6-4-3-5-7-14)16-11-22-17-9-8-13(19)10-15(17)18(16)21/h8-12,14H,3-7H2,1-2H3. The fraction of sp³-hybridized carbons (Fsp3) is 0.500. The van der Waals surface area contributed by atoms with Crippen LogP contribution in [0.1, 0.15) is 46.0 Å². The highest BCUT2D eigenvalue weighted by Crippen LogP contribution is 2.30. The van der Waals surface area contributed by atoms with E-state index in [2.05, 4.69) is 18.7 Å². The molecule has 0 spiro atoms. The van der Waals surface area contributed by atoms with Crippen LogP contribution in [-0.4, -0.2) is 12.1 Å². The van der Waals surface area contributed by atoms with Crippen molar-refractivity contribution in [1.29, 1.82) is 0 Å². The first-order valence-electron chi connectivity index (χ1n) is 8.07. The Hall–Kier alpha value is -1.42. The minimum absolute atomic E-state index is 0.0347. The monoisotopic (exact) mass is 319 g/mol. The van der Waals surface area contributed by atoms with Gasteiger partial charge in [-0.3, -0.25) is 4.79 Å². The Balaban J connectivity index is 2.09. The fourth-order valence-electron chi connectivity index (χ4n) is 3.53.